The molecule has 0 spiro atoms. The summed E-state index contributed by atoms with van der Waals surface area (Å²) < 4.78 is 6.09. The molecular formula is C11H12BrN3OS. The fraction of sp³-hybridized carbons (Fsp3) is 0.273. The van der Waals surface area contributed by atoms with Gasteiger partial charge in [-0.15, -0.1) is 10.2 Å². The van der Waals surface area contributed by atoms with E-state index in [1.165, 1.54) is 0 Å². The van der Waals surface area contributed by atoms with Gasteiger partial charge in [-0.3, -0.25) is 0 Å². The lowest BCUT2D eigenvalue weighted by molar-refractivity contribution is 0.412. The van der Waals surface area contributed by atoms with Crippen LogP contribution in [0.25, 0.3) is 10.6 Å². The van der Waals surface area contributed by atoms with Crippen LogP contribution in [0.15, 0.2) is 22.7 Å². The van der Waals surface area contributed by atoms with Crippen LogP contribution < -0.4 is 10.5 Å². The third-order valence-electron chi connectivity index (χ3n) is 2.22. The molecule has 1 heterocycles. The lowest BCUT2D eigenvalue weighted by Crippen LogP contribution is -2.01. The molecule has 0 aliphatic heterocycles. The molecule has 0 fully saturated rings. The summed E-state index contributed by atoms with van der Waals surface area (Å²) in [4.78, 5) is 0. The summed E-state index contributed by atoms with van der Waals surface area (Å²) >= 11 is 5.02. The summed E-state index contributed by atoms with van der Waals surface area (Å²) in [7, 11) is 1.64. The minimum absolute atomic E-state index is 0.598. The number of halogens is 1. The van der Waals surface area contributed by atoms with E-state index in [-0.39, 0.29) is 0 Å². The van der Waals surface area contributed by atoms with Gasteiger partial charge in [-0.2, -0.15) is 0 Å². The highest BCUT2D eigenvalue weighted by Crippen LogP contribution is 2.31. The third-order valence-corrected chi connectivity index (χ3v) is 3.88. The van der Waals surface area contributed by atoms with Crippen LogP contribution in [0.3, 0.4) is 0 Å². The smallest absolute Gasteiger partial charge is 0.147 e. The molecule has 0 amide bonds. The Bertz CT molecular complexity index is 515. The topological polar surface area (TPSA) is 61.0 Å². The highest BCUT2D eigenvalue weighted by atomic mass is 79.9. The molecule has 1 aromatic heterocycles. The molecule has 90 valence electrons. The van der Waals surface area contributed by atoms with Crippen molar-refractivity contribution in [3.63, 3.8) is 0 Å². The molecule has 1 aromatic carbocycles. The normalized spacial score (nSPS) is 10.5. The summed E-state index contributed by atoms with van der Waals surface area (Å²) in [5.74, 6) is 0.806. The zero-order valence-electron chi connectivity index (χ0n) is 9.31. The Morgan fingerprint density at radius 2 is 2.24 bits per heavy atom. The summed E-state index contributed by atoms with van der Waals surface area (Å²) in [5, 5.41) is 10.1. The van der Waals surface area contributed by atoms with Gasteiger partial charge in [-0.25, -0.2) is 0 Å². The van der Waals surface area contributed by atoms with Gasteiger partial charge in [0.25, 0.3) is 0 Å². The molecule has 0 unspecified atom stereocenters. The molecule has 0 saturated heterocycles. The van der Waals surface area contributed by atoms with E-state index in [2.05, 4.69) is 26.1 Å². The molecule has 0 aliphatic carbocycles. The Morgan fingerprint density at radius 3 is 2.88 bits per heavy atom. The first-order valence-electron chi connectivity index (χ1n) is 5.11. The minimum atomic E-state index is 0.598. The highest BCUT2D eigenvalue weighted by Gasteiger charge is 2.08. The van der Waals surface area contributed by atoms with Gasteiger partial charge in [-0.1, -0.05) is 11.3 Å². The van der Waals surface area contributed by atoms with E-state index in [0.717, 1.165) is 32.2 Å². The van der Waals surface area contributed by atoms with Gasteiger partial charge in [0.05, 0.1) is 11.6 Å². The molecule has 17 heavy (non-hydrogen) atoms. The van der Waals surface area contributed by atoms with Crippen molar-refractivity contribution in [2.75, 3.05) is 13.7 Å². The number of methoxy groups -OCH3 is 1. The van der Waals surface area contributed by atoms with E-state index in [9.17, 15) is 0 Å². The van der Waals surface area contributed by atoms with Gasteiger partial charge in [-0.05, 0) is 40.7 Å². The van der Waals surface area contributed by atoms with E-state index in [1.807, 2.05) is 18.2 Å². The van der Waals surface area contributed by atoms with Gasteiger partial charge >= 0.3 is 0 Å². The van der Waals surface area contributed by atoms with Crippen molar-refractivity contribution >= 4 is 27.3 Å². The number of hydrogen-bond donors (Lipinski definition) is 1. The Balaban J connectivity index is 2.29. The second-order valence-corrected chi connectivity index (χ2v) is 5.31. The number of ether oxygens (including phenoxy) is 1. The van der Waals surface area contributed by atoms with Crippen LogP contribution in [-0.4, -0.2) is 23.9 Å². The average Bonchev–Trinajstić information content (AvgIpc) is 2.78. The maximum Gasteiger partial charge on any atom is 0.147 e. The van der Waals surface area contributed by atoms with Crippen molar-refractivity contribution in [3.05, 3.63) is 27.7 Å². The van der Waals surface area contributed by atoms with Crippen molar-refractivity contribution in [3.8, 4) is 16.3 Å². The number of benzene rings is 1. The maximum absolute atomic E-state index is 5.49. The number of aromatic nitrogens is 2. The standard InChI is InChI=1S/C11H12BrN3OS/c1-16-9-3-2-7(6-8(9)12)11-15-14-10(17-11)4-5-13/h2-3,6H,4-5,13H2,1H3. The van der Waals surface area contributed by atoms with Crippen LogP contribution in [0, 0.1) is 0 Å². The van der Waals surface area contributed by atoms with E-state index in [4.69, 9.17) is 10.5 Å². The SMILES string of the molecule is COc1ccc(-c2nnc(CCN)s2)cc1Br. The van der Waals surface area contributed by atoms with Crippen molar-refractivity contribution in [1.82, 2.24) is 10.2 Å². The van der Waals surface area contributed by atoms with Crippen LogP contribution in [0.5, 0.6) is 5.75 Å². The van der Waals surface area contributed by atoms with Gasteiger partial charge in [0.15, 0.2) is 0 Å². The second kappa shape index (κ2) is 5.57. The predicted octanol–water partition coefficient (Wildman–Crippen LogP) is 2.48. The molecule has 0 aliphatic rings. The number of nitrogens with zero attached hydrogens (tertiary/aromatic N) is 2. The zero-order chi connectivity index (χ0) is 12.3. The molecule has 2 N–H and O–H groups in total. The summed E-state index contributed by atoms with van der Waals surface area (Å²) in [6.07, 6.45) is 0.773. The molecular weight excluding hydrogens is 302 g/mol. The average molecular weight is 314 g/mol. The third kappa shape index (κ3) is 2.83. The molecule has 0 atom stereocenters. The van der Waals surface area contributed by atoms with Crippen LogP contribution in [0.1, 0.15) is 5.01 Å². The van der Waals surface area contributed by atoms with Crippen molar-refractivity contribution in [2.24, 2.45) is 5.73 Å². The van der Waals surface area contributed by atoms with E-state index < -0.39 is 0 Å². The zero-order valence-corrected chi connectivity index (χ0v) is 11.7. The largest absolute Gasteiger partial charge is 0.496 e. The van der Waals surface area contributed by atoms with Gasteiger partial charge < -0.3 is 10.5 Å². The number of rotatable bonds is 4. The molecule has 2 aromatic rings. The van der Waals surface area contributed by atoms with Crippen molar-refractivity contribution in [2.45, 2.75) is 6.42 Å². The maximum atomic E-state index is 5.49. The molecule has 2 rings (SSSR count). The molecule has 0 saturated carbocycles. The predicted molar refractivity (Wildman–Crippen MR) is 72.4 cm³/mol. The number of nitrogens with two attached hydrogens (primary N) is 1. The van der Waals surface area contributed by atoms with Crippen molar-refractivity contribution < 1.29 is 4.74 Å². The Labute approximate surface area is 112 Å². The Morgan fingerprint density at radius 1 is 1.41 bits per heavy atom. The van der Waals surface area contributed by atoms with E-state index in [1.54, 1.807) is 18.4 Å². The molecule has 6 heteroatoms. The Kier molecular flexibility index (Phi) is 4.09. The Hall–Kier alpha value is -0.980. The molecule has 0 radical (unpaired) electrons. The summed E-state index contributed by atoms with van der Waals surface area (Å²) in [6.45, 7) is 0.598. The molecule has 0 bridgehead atoms. The first kappa shape index (κ1) is 12.5. The molecule has 4 nitrogen and oxygen atoms in total. The second-order valence-electron chi connectivity index (χ2n) is 3.39. The van der Waals surface area contributed by atoms with Crippen LogP contribution in [-0.2, 0) is 6.42 Å². The quantitative estimate of drug-likeness (QED) is 0.942. The number of hydrogen-bond acceptors (Lipinski definition) is 5. The first-order valence-corrected chi connectivity index (χ1v) is 6.72. The van der Waals surface area contributed by atoms with Gasteiger partial charge in [0.1, 0.15) is 15.8 Å². The minimum Gasteiger partial charge on any atom is -0.496 e. The van der Waals surface area contributed by atoms with Gasteiger partial charge in [0, 0.05) is 12.0 Å². The lowest BCUT2D eigenvalue weighted by Gasteiger charge is -2.03. The lowest BCUT2D eigenvalue weighted by atomic mass is 10.2. The monoisotopic (exact) mass is 313 g/mol. The van der Waals surface area contributed by atoms with Gasteiger partial charge in [0.2, 0.25) is 0 Å². The van der Waals surface area contributed by atoms with Crippen molar-refractivity contribution in [1.29, 1.82) is 0 Å². The van der Waals surface area contributed by atoms with E-state index >= 15 is 0 Å². The summed E-state index contributed by atoms with van der Waals surface area (Å²) in [5.41, 5.74) is 6.51. The fourth-order valence-corrected chi connectivity index (χ4v) is 2.79. The first-order chi connectivity index (χ1) is 8.24. The van der Waals surface area contributed by atoms with Crippen LogP contribution in [0.4, 0.5) is 0 Å². The van der Waals surface area contributed by atoms with Crippen LogP contribution >= 0.6 is 27.3 Å². The summed E-state index contributed by atoms with van der Waals surface area (Å²) in [6, 6.07) is 5.85. The van der Waals surface area contributed by atoms with E-state index in [0.29, 0.717) is 6.54 Å². The fourth-order valence-electron chi connectivity index (χ4n) is 1.39. The highest BCUT2D eigenvalue weighted by molar-refractivity contribution is 9.10. The van der Waals surface area contributed by atoms with Crippen LogP contribution in [0.2, 0.25) is 0 Å².